The Labute approximate surface area is 424 Å². The third-order valence-corrected chi connectivity index (χ3v) is 15.4. The molecule has 0 amide bonds. The molecule has 4 nitrogen and oxygen atoms in total. The third-order valence-electron chi connectivity index (χ3n) is 15.4. The van der Waals surface area contributed by atoms with Crippen molar-refractivity contribution >= 4 is 21.5 Å². The zero-order valence-corrected chi connectivity index (χ0v) is 40.2. The van der Waals surface area contributed by atoms with Gasteiger partial charge in [-0.15, -0.1) is 0 Å². The van der Waals surface area contributed by atoms with Crippen LogP contribution in [0.15, 0.2) is 231 Å². The van der Waals surface area contributed by atoms with Gasteiger partial charge in [-0.3, -0.25) is 0 Å². The van der Waals surface area contributed by atoms with E-state index in [1.54, 1.807) is 0 Å². The van der Waals surface area contributed by atoms with E-state index in [1.165, 1.54) is 66.4 Å². The van der Waals surface area contributed by atoms with E-state index in [0.29, 0.717) is 23.0 Å². The van der Waals surface area contributed by atoms with Crippen molar-refractivity contribution in [3.05, 3.63) is 247 Å². The molecular formula is C69H44N4. The highest BCUT2D eigenvalue weighted by Gasteiger charge is 2.35. The molecule has 0 atom stereocenters. The fourth-order valence-corrected chi connectivity index (χ4v) is 11.7. The number of nitriles is 1. The van der Waals surface area contributed by atoms with Crippen LogP contribution in [0, 0.1) is 11.3 Å². The summed E-state index contributed by atoms with van der Waals surface area (Å²) >= 11 is 0. The molecule has 0 radical (unpaired) electrons. The Hall–Kier alpha value is -9.56. The molecule has 12 aromatic rings. The first-order valence-corrected chi connectivity index (χ1v) is 24.9. The van der Waals surface area contributed by atoms with E-state index in [4.69, 9.17) is 15.0 Å². The van der Waals surface area contributed by atoms with Crippen molar-refractivity contribution in [2.75, 3.05) is 0 Å². The zero-order chi connectivity index (χ0) is 48.8. The molecular weight excluding hydrogens is 885 g/mol. The van der Waals surface area contributed by atoms with Gasteiger partial charge in [0.05, 0.1) is 11.6 Å². The van der Waals surface area contributed by atoms with Crippen LogP contribution in [-0.2, 0) is 5.41 Å². The molecule has 1 heterocycles. The fourth-order valence-electron chi connectivity index (χ4n) is 11.7. The van der Waals surface area contributed by atoms with Crippen LogP contribution in [0.25, 0.3) is 134 Å². The molecule has 0 spiro atoms. The Kier molecular flexibility index (Phi) is 9.58. The summed E-state index contributed by atoms with van der Waals surface area (Å²) in [5.41, 5.74) is 22.8. The zero-order valence-electron chi connectivity index (χ0n) is 40.2. The van der Waals surface area contributed by atoms with Gasteiger partial charge < -0.3 is 0 Å². The minimum Gasteiger partial charge on any atom is -0.208 e. The summed E-state index contributed by atoms with van der Waals surface area (Å²) in [5.74, 6) is 1.93. The van der Waals surface area contributed by atoms with Crippen molar-refractivity contribution in [3.8, 4) is 118 Å². The summed E-state index contributed by atoms with van der Waals surface area (Å²) in [7, 11) is 0. The highest BCUT2D eigenvalue weighted by atomic mass is 15.0. The van der Waals surface area contributed by atoms with Crippen LogP contribution < -0.4 is 0 Å². The molecule has 0 fully saturated rings. The van der Waals surface area contributed by atoms with Crippen molar-refractivity contribution in [2.24, 2.45) is 0 Å². The highest BCUT2D eigenvalue weighted by Crippen LogP contribution is 2.53. The van der Waals surface area contributed by atoms with Crippen molar-refractivity contribution in [1.82, 2.24) is 15.0 Å². The quantitative estimate of drug-likeness (QED) is 0.160. The van der Waals surface area contributed by atoms with Crippen molar-refractivity contribution in [3.63, 3.8) is 0 Å². The van der Waals surface area contributed by atoms with Gasteiger partial charge in [0.25, 0.3) is 0 Å². The number of rotatable bonds is 7. The Morgan fingerprint density at radius 2 is 0.699 bits per heavy atom. The van der Waals surface area contributed by atoms with Crippen LogP contribution >= 0.6 is 0 Å². The second kappa shape index (κ2) is 16.5. The normalized spacial score (nSPS) is 12.6. The first-order valence-electron chi connectivity index (χ1n) is 24.9. The van der Waals surface area contributed by atoms with Crippen LogP contribution in [0.4, 0.5) is 0 Å². The molecule has 0 unspecified atom stereocenters. The molecule has 11 aromatic carbocycles. The van der Waals surface area contributed by atoms with Gasteiger partial charge in [0.2, 0.25) is 0 Å². The smallest absolute Gasteiger partial charge is 0.164 e. The van der Waals surface area contributed by atoms with Crippen molar-refractivity contribution < 1.29 is 0 Å². The largest absolute Gasteiger partial charge is 0.208 e. The average Bonchev–Trinajstić information content (AvgIpc) is 3.91. The minimum absolute atomic E-state index is 0.149. The molecule has 0 saturated heterocycles. The summed E-state index contributed by atoms with van der Waals surface area (Å²) in [6.07, 6.45) is 0. The summed E-state index contributed by atoms with van der Waals surface area (Å²) in [4.78, 5) is 15.5. The van der Waals surface area contributed by atoms with Crippen molar-refractivity contribution in [2.45, 2.75) is 19.3 Å². The van der Waals surface area contributed by atoms with Crippen LogP contribution in [-0.4, -0.2) is 15.0 Å². The molecule has 2 aliphatic carbocycles. The molecule has 0 bridgehead atoms. The number of fused-ring (bicyclic) bond motifs is 7. The van der Waals surface area contributed by atoms with Gasteiger partial charge in [0.15, 0.2) is 17.5 Å². The van der Waals surface area contributed by atoms with Gasteiger partial charge in [0.1, 0.15) is 0 Å². The molecule has 4 heteroatoms. The van der Waals surface area contributed by atoms with E-state index in [0.717, 1.165) is 60.8 Å². The Bertz CT molecular complexity index is 4230. The maximum absolute atomic E-state index is 9.74. The van der Waals surface area contributed by atoms with E-state index < -0.39 is 0 Å². The fraction of sp³-hybridized carbons (Fsp3) is 0.0435. The number of hydrogen-bond acceptors (Lipinski definition) is 4. The monoisotopic (exact) mass is 928 g/mol. The van der Waals surface area contributed by atoms with Gasteiger partial charge in [-0.2, -0.15) is 5.26 Å². The molecule has 0 aliphatic heterocycles. The van der Waals surface area contributed by atoms with E-state index in [1.807, 2.05) is 42.5 Å². The van der Waals surface area contributed by atoms with Gasteiger partial charge in [0, 0.05) is 27.5 Å². The molecule has 0 saturated carbocycles. The average molecular weight is 929 g/mol. The van der Waals surface area contributed by atoms with Gasteiger partial charge in [-0.25, -0.2) is 15.0 Å². The third kappa shape index (κ3) is 6.78. The lowest BCUT2D eigenvalue weighted by molar-refractivity contribution is 0.660. The van der Waals surface area contributed by atoms with Crippen LogP contribution in [0.3, 0.4) is 0 Å². The highest BCUT2D eigenvalue weighted by molar-refractivity contribution is 6.22. The number of nitrogens with zero attached hydrogens (tertiary/aromatic N) is 4. The Morgan fingerprint density at radius 1 is 0.301 bits per heavy atom. The summed E-state index contributed by atoms with van der Waals surface area (Å²) in [5, 5.41) is 14.3. The summed E-state index contributed by atoms with van der Waals surface area (Å²) in [6, 6.07) is 84.6. The van der Waals surface area contributed by atoms with E-state index >= 15 is 0 Å². The van der Waals surface area contributed by atoms with Gasteiger partial charge >= 0.3 is 0 Å². The SMILES string of the molecule is CC1(C)c2ccccc2-c2ccc(-c3nc(-c4ccccc4)nc(-c4ccc(-c5ccc6c7c(ccc(-c8ccc(-c9ccc(-c%10ccc(C#N)c%11ccccc%10%11)cc9)cc8)c57)-c5ccccc5-6)cc4)n3)cc21. The first kappa shape index (κ1) is 42.3. The number of hydrogen-bond donors (Lipinski definition) is 0. The van der Waals surface area contributed by atoms with Gasteiger partial charge in [-0.1, -0.05) is 232 Å². The van der Waals surface area contributed by atoms with Gasteiger partial charge in [-0.05, 0) is 117 Å². The van der Waals surface area contributed by atoms with Crippen LogP contribution in [0.1, 0.15) is 30.5 Å². The second-order valence-corrected chi connectivity index (χ2v) is 19.8. The molecule has 73 heavy (non-hydrogen) atoms. The van der Waals surface area contributed by atoms with Crippen LogP contribution in [0.2, 0.25) is 0 Å². The van der Waals surface area contributed by atoms with Crippen molar-refractivity contribution in [1.29, 1.82) is 5.26 Å². The Morgan fingerprint density at radius 3 is 1.30 bits per heavy atom. The maximum Gasteiger partial charge on any atom is 0.164 e. The first-order chi connectivity index (χ1) is 35.9. The number of benzene rings is 11. The van der Waals surface area contributed by atoms with E-state index in [2.05, 4.69) is 208 Å². The maximum atomic E-state index is 9.74. The lowest BCUT2D eigenvalue weighted by Crippen LogP contribution is -2.15. The molecule has 0 N–H and O–H groups in total. The summed E-state index contributed by atoms with van der Waals surface area (Å²) < 4.78 is 0. The predicted molar refractivity (Wildman–Crippen MR) is 300 cm³/mol. The van der Waals surface area contributed by atoms with Crippen LogP contribution in [0.5, 0.6) is 0 Å². The molecule has 340 valence electrons. The lowest BCUT2D eigenvalue weighted by atomic mass is 9.82. The van der Waals surface area contributed by atoms with E-state index in [9.17, 15) is 5.26 Å². The summed E-state index contributed by atoms with van der Waals surface area (Å²) in [6.45, 7) is 4.61. The molecule has 14 rings (SSSR count). The second-order valence-electron chi connectivity index (χ2n) is 19.8. The standard InChI is InChI=1S/C69H44N4/c1-69(2)62-19-11-10-18-58(62)59-35-32-49(40-63(59)69)68-72-66(47-12-4-3-5-13-47)71-67(73-68)48-30-28-46(29-31-48)54-37-39-61-57-17-9-8-16-56(57)60-38-36-53(64(54)65(60)61)45-26-22-43(23-27-45)42-20-24-44(25-21-42)52-34-33-50(41-70)51-14-6-7-15-55(51)52/h3-40H,1-2H3. The topological polar surface area (TPSA) is 62.5 Å². The minimum atomic E-state index is -0.149. The molecule has 1 aromatic heterocycles. The predicted octanol–water partition coefficient (Wildman–Crippen LogP) is 17.7. The van der Waals surface area contributed by atoms with E-state index in [-0.39, 0.29) is 5.41 Å². The number of aromatic nitrogens is 3. The lowest BCUT2D eigenvalue weighted by Gasteiger charge is -2.21. The molecule has 2 aliphatic rings. The Balaban J connectivity index is 0.840.